The smallest absolute Gasteiger partial charge is 0.224 e. The summed E-state index contributed by atoms with van der Waals surface area (Å²) in [7, 11) is 0. The minimum Gasteiger partial charge on any atom is -0.398 e. The highest BCUT2D eigenvalue weighted by molar-refractivity contribution is 5.93. The Labute approximate surface area is 102 Å². The zero-order valence-corrected chi connectivity index (χ0v) is 10.3. The van der Waals surface area contributed by atoms with Crippen LogP contribution in [0.15, 0.2) is 18.2 Å². The molecule has 0 heterocycles. The number of hydrogen-bond donors (Lipinski definition) is 3. The molecule has 17 heavy (non-hydrogen) atoms. The van der Waals surface area contributed by atoms with Gasteiger partial charge in [-0.1, -0.05) is 13.8 Å². The van der Waals surface area contributed by atoms with E-state index in [4.69, 9.17) is 11.1 Å². The SMILES string of the molecule is CC(C)CCC(=O)Nc1ccc(N)c(C=N)c1. The molecule has 0 atom stereocenters. The van der Waals surface area contributed by atoms with Crippen LogP contribution in [0.4, 0.5) is 11.4 Å². The number of benzene rings is 1. The summed E-state index contributed by atoms with van der Waals surface area (Å²) in [4.78, 5) is 11.6. The molecule has 0 fully saturated rings. The second-order valence-corrected chi connectivity index (χ2v) is 4.47. The molecule has 0 aromatic heterocycles. The van der Waals surface area contributed by atoms with Crippen LogP contribution < -0.4 is 11.1 Å². The summed E-state index contributed by atoms with van der Waals surface area (Å²) in [6.07, 6.45) is 2.57. The molecule has 0 aliphatic rings. The summed E-state index contributed by atoms with van der Waals surface area (Å²) in [6.45, 7) is 4.17. The van der Waals surface area contributed by atoms with Crippen LogP contribution in [-0.2, 0) is 4.79 Å². The second-order valence-electron chi connectivity index (χ2n) is 4.47. The van der Waals surface area contributed by atoms with Crippen molar-refractivity contribution in [1.82, 2.24) is 0 Å². The molecule has 1 aromatic rings. The summed E-state index contributed by atoms with van der Waals surface area (Å²) in [6, 6.07) is 5.14. The first kappa shape index (κ1) is 13.2. The van der Waals surface area contributed by atoms with Gasteiger partial charge in [0.15, 0.2) is 0 Å². The van der Waals surface area contributed by atoms with Crippen molar-refractivity contribution in [2.75, 3.05) is 11.1 Å². The van der Waals surface area contributed by atoms with E-state index in [9.17, 15) is 4.79 Å². The van der Waals surface area contributed by atoms with E-state index in [1.807, 2.05) is 0 Å². The van der Waals surface area contributed by atoms with Crippen molar-refractivity contribution in [3.05, 3.63) is 23.8 Å². The van der Waals surface area contributed by atoms with Gasteiger partial charge < -0.3 is 16.5 Å². The van der Waals surface area contributed by atoms with Crippen LogP contribution in [0.1, 0.15) is 32.3 Å². The summed E-state index contributed by atoms with van der Waals surface area (Å²) < 4.78 is 0. The van der Waals surface area contributed by atoms with E-state index in [-0.39, 0.29) is 5.91 Å². The Morgan fingerprint density at radius 2 is 2.24 bits per heavy atom. The third-order valence-corrected chi connectivity index (χ3v) is 2.47. The Balaban J connectivity index is 2.62. The van der Waals surface area contributed by atoms with E-state index >= 15 is 0 Å². The lowest BCUT2D eigenvalue weighted by Crippen LogP contribution is -2.12. The Hall–Kier alpha value is -1.84. The van der Waals surface area contributed by atoms with Crippen molar-refractivity contribution in [1.29, 1.82) is 5.41 Å². The number of carbonyl (C=O) groups excluding carboxylic acids is 1. The normalized spacial score (nSPS) is 10.3. The zero-order chi connectivity index (χ0) is 12.8. The van der Waals surface area contributed by atoms with E-state index in [2.05, 4.69) is 19.2 Å². The van der Waals surface area contributed by atoms with Crippen LogP contribution in [0.5, 0.6) is 0 Å². The van der Waals surface area contributed by atoms with Crippen molar-refractivity contribution in [2.45, 2.75) is 26.7 Å². The zero-order valence-electron chi connectivity index (χ0n) is 10.3. The predicted octanol–water partition coefficient (Wildman–Crippen LogP) is 2.64. The van der Waals surface area contributed by atoms with Crippen LogP contribution >= 0.6 is 0 Å². The molecular formula is C13H19N3O. The average molecular weight is 233 g/mol. The highest BCUT2D eigenvalue weighted by Crippen LogP contribution is 2.16. The largest absolute Gasteiger partial charge is 0.398 e. The molecule has 0 aliphatic carbocycles. The van der Waals surface area contributed by atoms with E-state index in [0.717, 1.165) is 6.42 Å². The maximum Gasteiger partial charge on any atom is 0.224 e. The fraction of sp³-hybridized carbons (Fsp3) is 0.385. The molecule has 0 bridgehead atoms. The molecule has 0 spiro atoms. The number of anilines is 2. The molecule has 92 valence electrons. The second kappa shape index (κ2) is 6.03. The van der Waals surface area contributed by atoms with Gasteiger partial charge in [-0.15, -0.1) is 0 Å². The highest BCUT2D eigenvalue weighted by atomic mass is 16.1. The van der Waals surface area contributed by atoms with Crippen LogP contribution in [0, 0.1) is 11.3 Å². The van der Waals surface area contributed by atoms with Gasteiger partial charge in [0.05, 0.1) is 0 Å². The molecule has 4 N–H and O–H groups in total. The van der Waals surface area contributed by atoms with Crippen LogP contribution in [0.25, 0.3) is 0 Å². The van der Waals surface area contributed by atoms with E-state index in [1.54, 1.807) is 18.2 Å². The first-order chi connectivity index (χ1) is 8.02. The summed E-state index contributed by atoms with van der Waals surface area (Å²) in [5.74, 6) is 0.517. The maximum absolute atomic E-state index is 11.6. The molecule has 0 saturated carbocycles. The standard InChI is InChI=1S/C13H19N3O/c1-9(2)3-6-13(17)16-11-4-5-12(15)10(7-11)8-14/h4-5,7-9,14H,3,6,15H2,1-2H3,(H,16,17). The molecule has 0 aliphatic heterocycles. The Morgan fingerprint density at radius 3 is 2.82 bits per heavy atom. The molecule has 0 saturated heterocycles. The lowest BCUT2D eigenvalue weighted by molar-refractivity contribution is -0.116. The van der Waals surface area contributed by atoms with Crippen molar-refractivity contribution >= 4 is 23.5 Å². The van der Waals surface area contributed by atoms with Gasteiger partial charge in [0.25, 0.3) is 0 Å². The van der Waals surface area contributed by atoms with Crippen molar-refractivity contribution < 1.29 is 4.79 Å². The van der Waals surface area contributed by atoms with Gasteiger partial charge in [0.2, 0.25) is 5.91 Å². The molecule has 1 amide bonds. The first-order valence-electron chi connectivity index (χ1n) is 5.72. The quantitative estimate of drug-likeness (QED) is 0.540. The van der Waals surface area contributed by atoms with Gasteiger partial charge in [-0.3, -0.25) is 4.79 Å². The van der Waals surface area contributed by atoms with Crippen molar-refractivity contribution in [3.8, 4) is 0 Å². The van der Waals surface area contributed by atoms with Gasteiger partial charge >= 0.3 is 0 Å². The van der Waals surface area contributed by atoms with Crippen molar-refractivity contribution in [2.24, 2.45) is 5.92 Å². The summed E-state index contributed by atoms with van der Waals surface area (Å²) in [5.41, 5.74) is 7.51. The lowest BCUT2D eigenvalue weighted by Gasteiger charge is -2.08. The monoisotopic (exact) mass is 233 g/mol. The van der Waals surface area contributed by atoms with Gasteiger partial charge in [-0.05, 0) is 30.5 Å². The third kappa shape index (κ3) is 4.26. The number of nitrogens with two attached hydrogens (primary N) is 1. The maximum atomic E-state index is 11.6. The first-order valence-corrected chi connectivity index (χ1v) is 5.72. The van der Waals surface area contributed by atoms with Crippen LogP contribution in [-0.4, -0.2) is 12.1 Å². The molecule has 4 heteroatoms. The lowest BCUT2D eigenvalue weighted by atomic mass is 10.1. The summed E-state index contributed by atoms with van der Waals surface area (Å²) in [5, 5.41) is 9.98. The Bertz CT molecular complexity index is 413. The van der Waals surface area contributed by atoms with E-state index < -0.39 is 0 Å². The molecule has 4 nitrogen and oxygen atoms in total. The average Bonchev–Trinajstić information content (AvgIpc) is 2.29. The fourth-order valence-corrected chi connectivity index (χ4v) is 1.42. The molecule has 0 unspecified atom stereocenters. The predicted molar refractivity (Wildman–Crippen MR) is 71.4 cm³/mol. The van der Waals surface area contributed by atoms with E-state index in [0.29, 0.717) is 29.3 Å². The molecule has 1 aromatic carbocycles. The van der Waals surface area contributed by atoms with Crippen molar-refractivity contribution in [3.63, 3.8) is 0 Å². The van der Waals surface area contributed by atoms with Gasteiger partial charge in [-0.2, -0.15) is 0 Å². The van der Waals surface area contributed by atoms with Gasteiger partial charge in [-0.25, -0.2) is 0 Å². The Kier molecular flexibility index (Phi) is 4.69. The topological polar surface area (TPSA) is 79.0 Å². The number of hydrogen-bond acceptors (Lipinski definition) is 3. The van der Waals surface area contributed by atoms with Crippen LogP contribution in [0.3, 0.4) is 0 Å². The molecular weight excluding hydrogens is 214 g/mol. The number of amides is 1. The molecule has 1 rings (SSSR count). The minimum absolute atomic E-state index is 0.000554. The fourth-order valence-electron chi connectivity index (χ4n) is 1.42. The number of carbonyl (C=O) groups is 1. The van der Waals surface area contributed by atoms with E-state index in [1.165, 1.54) is 6.21 Å². The minimum atomic E-state index is -0.000554. The van der Waals surface area contributed by atoms with Gasteiger partial charge in [0.1, 0.15) is 0 Å². The Morgan fingerprint density at radius 1 is 1.53 bits per heavy atom. The number of nitrogens with one attached hydrogen (secondary N) is 2. The number of nitrogen functional groups attached to an aromatic ring is 1. The summed E-state index contributed by atoms with van der Waals surface area (Å²) >= 11 is 0. The van der Waals surface area contributed by atoms with Gasteiger partial charge in [0, 0.05) is 29.6 Å². The highest BCUT2D eigenvalue weighted by Gasteiger charge is 2.05. The third-order valence-electron chi connectivity index (χ3n) is 2.47. The molecule has 0 radical (unpaired) electrons. The van der Waals surface area contributed by atoms with Crippen LogP contribution in [0.2, 0.25) is 0 Å². The number of rotatable bonds is 5.